The van der Waals surface area contributed by atoms with Crippen LogP contribution in [0.3, 0.4) is 0 Å². The van der Waals surface area contributed by atoms with E-state index in [9.17, 15) is 0 Å². The fraction of sp³-hybridized carbons (Fsp3) is 0.0625. The van der Waals surface area contributed by atoms with Crippen LogP contribution >= 0.6 is 31.9 Å². The first-order chi connectivity index (χ1) is 9.78. The predicted molar refractivity (Wildman–Crippen MR) is 88.6 cm³/mol. The minimum atomic E-state index is 0.765. The molecule has 0 N–H and O–H groups in total. The van der Waals surface area contributed by atoms with Crippen LogP contribution in [0.4, 0.5) is 0 Å². The third-order valence-corrected chi connectivity index (χ3v) is 4.33. The molecule has 2 nitrogen and oxygen atoms in total. The summed E-state index contributed by atoms with van der Waals surface area (Å²) >= 11 is 7.00. The average molecular weight is 393 g/mol. The summed E-state index contributed by atoms with van der Waals surface area (Å²) in [6, 6.07) is 15.8. The Bertz CT molecular complexity index is 753. The van der Waals surface area contributed by atoms with Crippen LogP contribution in [0.25, 0.3) is 10.9 Å². The quantitative estimate of drug-likeness (QED) is 0.534. The molecule has 0 aliphatic rings. The van der Waals surface area contributed by atoms with Gasteiger partial charge < -0.3 is 4.74 Å². The van der Waals surface area contributed by atoms with E-state index in [1.807, 2.05) is 48.5 Å². The Balaban J connectivity index is 1.99. The van der Waals surface area contributed by atoms with Gasteiger partial charge in [0.15, 0.2) is 5.75 Å². The van der Waals surface area contributed by atoms with Gasteiger partial charge in [-0.05, 0) is 29.8 Å². The van der Waals surface area contributed by atoms with Crippen LogP contribution in [0.15, 0.2) is 59.2 Å². The maximum absolute atomic E-state index is 5.96. The second kappa shape index (κ2) is 5.94. The number of halogens is 2. The number of hydrogen-bond donors (Lipinski definition) is 0. The molecule has 1 heterocycles. The molecule has 0 atom stereocenters. The molecule has 0 bridgehead atoms. The molecule has 0 saturated heterocycles. The monoisotopic (exact) mass is 391 g/mol. The Labute approximate surface area is 134 Å². The molecule has 0 aliphatic heterocycles. The molecule has 1 aromatic heterocycles. The van der Waals surface area contributed by atoms with Gasteiger partial charge in [-0.3, -0.25) is 4.98 Å². The van der Waals surface area contributed by atoms with Gasteiger partial charge in [0.25, 0.3) is 0 Å². The van der Waals surface area contributed by atoms with E-state index < -0.39 is 0 Å². The average Bonchev–Trinajstić information content (AvgIpc) is 2.48. The van der Waals surface area contributed by atoms with Crippen LogP contribution in [-0.2, 0) is 5.33 Å². The summed E-state index contributed by atoms with van der Waals surface area (Å²) in [5.74, 6) is 1.56. The van der Waals surface area contributed by atoms with Crippen molar-refractivity contribution in [2.45, 2.75) is 5.33 Å². The topological polar surface area (TPSA) is 22.1 Å². The summed E-state index contributed by atoms with van der Waals surface area (Å²) in [6.07, 6.45) is 1.78. The first kappa shape index (κ1) is 13.6. The Morgan fingerprint density at radius 3 is 2.70 bits per heavy atom. The van der Waals surface area contributed by atoms with E-state index in [1.165, 1.54) is 5.56 Å². The minimum Gasteiger partial charge on any atom is -0.455 e. The van der Waals surface area contributed by atoms with Gasteiger partial charge in [-0.15, -0.1) is 0 Å². The summed E-state index contributed by atoms with van der Waals surface area (Å²) < 4.78 is 6.99. The number of aromatic nitrogens is 1. The molecule has 20 heavy (non-hydrogen) atoms. The Hall–Kier alpha value is -1.39. The van der Waals surface area contributed by atoms with Crippen LogP contribution in [0, 0.1) is 0 Å². The number of para-hydroxylation sites is 1. The molecule has 3 rings (SSSR count). The summed E-state index contributed by atoms with van der Waals surface area (Å²) in [7, 11) is 0. The molecule has 0 amide bonds. The lowest BCUT2D eigenvalue weighted by atomic mass is 10.2. The van der Waals surface area contributed by atoms with Crippen molar-refractivity contribution in [2.75, 3.05) is 0 Å². The third kappa shape index (κ3) is 2.72. The molecule has 0 fully saturated rings. The Morgan fingerprint density at radius 2 is 1.90 bits per heavy atom. The molecule has 0 radical (unpaired) electrons. The Morgan fingerprint density at radius 1 is 1.05 bits per heavy atom. The van der Waals surface area contributed by atoms with Crippen LogP contribution in [0.5, 0.6) is 11.5 Å². The number of benzene rings is 2. The maximum Gasteiger partial charge on any atom is 0.153 e. The molecular weight excluding hydrogens is 382 g/mol. The molecule has 4 heteroatoms. The maximum atomic E-state index is 5.96. The first-order valence-electron chi connectivity index (χ1n) is 6.14. The summed E-state index contributed by atoms with van der Waals surface area (Å²) in [5, 5.41) is 1.88. The molecule has 0 unspecified atom stereocenters. The van der Waals surface area contributed by atoms with E-state index in [1.54, 1.807) is 6.20 Å². The minimum absolute atomic E-state index is 0.765. The Kier molecular flexibility index (Phi) is 4.03. The van der Waals surface area contributed by atoms with Crippen molar-refractivity contribution in [3.8, 4) is 11.5 Å². The lowest BCUT2D eigenvalue weighted by Crippen LogP contribution is -1.89. The number of rotatable bonds is 3. The van der Waals surface area contributed by atoms with Crippen LogP contribution < -0.4 is 4.74 Å². The van der Waals surface area contributed by atoms with Crippen molar-refractivity contribution in [2.24, 2.45) is 0 Å². The zero-order chi connectivity index (χ0) is 13.9. The van der Waals surface area contributed by atoms with E-state index in [4.69, 9.17) is 4.74 Å². The lowest BCUT2D eigenvalue weighted by molar-refractivity contribution is 0.486. The molecule has 3 aromatic rings. The number of nitrogens with zero attached hydrogens (tertiary/aromatic N) is 1. The summed E-state index contributed by atoms with van der Waals surface area (Å²) in [6.45, 7) is 0. The van der Waals surface area contributed by atoms with Crippen LogP contribution in [0.1, 0.15) is 5.56 Å². The SMILES string of the molecule is BrCc1ccc(Oc2cccc3cccnc23)cc1Br. The molecule has 2 aromatic carbocycles. The zero-order valence-corrected chi connectivity index (χ0v) is 13.7. The van der Waals surface area contributed by atoms with Crippen molar-refractivity contribution in [1.29, 1.82) is 0 Å². The van der Waals surface area contributed by atoms with E-state index in [-0.39, 0.29) is 0 Å². The zero-order valence-electron chi connectivity index (χ0n) is 10.5. The van der Waals surface area contributed by atoms with Crippen LogP contribution in [-0.4, -0.2) is 4.98 Å². The molecule has 0 aliphatic carbocycles. The first-order valence-corrected chi connectivity index (χ1v) is 8.05. The largest absolute Gasteiger partial charge is 0.455 e. The predicted octanol–water partition coefficient (Wildman–Crippen LogP) is 5.68. The van der Waals surface area contributed by atoms with Crippen LogP contribution in [0.2, 0.25) is 0 Å². The van der Waals surface area contributed by atoms with Crippen molar-refractivity contribution in [3.05, 3.63) is 64.8 Å². The van der Waals surface area contributed by atoms with E-state index in [0.29, 0.717) is 0 Å². The molecule has 0 spiro atoms. The highest BCUT2D eigenvalue weighted by molar-refractivity contribution is 9.10. The second-order valence-electron chi connectivity index (χ2n) is 4.32. The van der Waals surface area contributed by atoms with Gasteiger partial charge >= 0.3 is 0 Å². The van der Waals surface area contributed by atoms with Gasteiger partial charge in [0.05, 0.1) is 0 Å². The fourth-order valence-corrected chi connectivity index (χ4v) is 3.35. The van der Waals surface area contributed by atoms with Crippen molar-refractivity contribution < 1.29 is 4.74 Å². The van der Waals surface area contributed by atoms with Gasteiger partial charge in [0.1, 0.15) is 11.3 Å². The third-order valence-electron chi connectivity index (χ3n) is 2.99. The van der Waals surface area contributed by atoms with Gasteiger partial charge in [0.2, 0.25) is 0 Å². The molecule has 0 saturated carbocycles. The van der Waals surface area contributed by atoms with Gasteiger partial charge in [-0.25, -0.2) is 0 Å². The number of pyridine rings is 1. The number of alkyl halides is 1. The fourth-order valence-electron chi connectivity index (χ4n) is 1.99. The highest BCUT2D eigenvalue weighted by atomic mass is 79.9. The lowest BCUT2D eigenvalue weighted by Gasteiger charge is -2.09. The van der Waals surface area contributed by atoms with Crippen molar-refractivity contribution >= 4 is 42.8 Å². The van der Waals surface area contributed by atoms with E-state index >= 15 is 0 Å². The highest BCUT2D eigenvalue weighted by Crippen LogP contribution is 2.31. The van der Waals surface area contributed by atoms with Gasteiger partial charge in [-0.1, -0.05) is 56.1 Å². The molecular formula is C16H11Br2NO. The standard InChI is InChI=1S/C16H11Br2NO/c17-10-12-6-7-13(9-14(12)18)20-15-5-1-3-11-4-2-8-19-16(11)15/h1-9H,10H2. The van der Waals surface area contributed by atoms with E-state index in [0.717, 1.165) is 32.2 Å². The molecule has 100 valence electrons. The summed E-state index contributed by atoms with van der Waals surface area (Å²) in [5.41, 5.74) is 2.06. The highest BCUT2D eigenvalue weighted by Gasteiger charge is 2.06. The number of ether oxygens (including phenoxy) is 1. The number of fused-ring (bicyclic) bond motifs is 1. The van der Waals surface area contributed by atoms with Gasteiger partial charge in [0, 0.05) is 21.4 Å². The van der Waals surface area contributed by atoms with Crippen molar-refractivity contribution in [1.82, 2.24) is 4.98 Å². The van der Waals surface area contributed by atoms with E-state index in [2.05, 4.69) is 36.8 Å². The van der Waals surface area contributed by atoms with Crippen molar-refractivity contribution in [3.63, 3.8) is 0 Å². The number of hydrogen-bond acceptors (Lipinski definition) is 2. The summed E-state index contributed by atoms with van der Waals surface area (Å²) in [4.78, 5) is 4.39. The van der Waals surface area contributed by atoms with Gasteiger partial charge in [-0.2, -0.15) is 0 Å². The smallest absolute Gasteiger partial charge is 0.153 e. The second-order valence-corrected chi connectivity index (χ2v) is 5.74. The normalized spacial score (nSPS) is 10.7.